The highest BCUT2D eigenvalue weighted by molar-refractivity contribution is 7.11. The van der Waals surface area contributed by atoms with E-state index in [1.165, 1.54) is 17.6 Å². The minimum absolute atomic E-state index is 0.105. The van der Waals surface area contributed by atoms with Gasteiger partial charge in [0.25, 0.3) is 0 Å². The van der Waals surface area contributed by atoms with Crippen molar-refractivity contribution in [2.24, 2.45) is 0 Å². The quantitative estimate of drug-likeness (QED) is 0.887. The highest BCUT2D eigenvalue weighted by atomic mass is 35.5. The summed E-state index contributed by atoms with van der Waals surface area (Å²) in [5, 5.41) is 4.01. The van der Waals surface area contributed by atoms with Crippen LogP contribution in [-0.2, 0) is 6.54 Å². The number of halogens is 2. The minimum Gasteiger partial charge on any atom is -0.487 e. The average Bonchev–Trinajstić information content (AvgIpc) is 2.73. The lowest BCUT2D eigenvalue weighted by Gasteiger charge is -2.08. The standard InChI is InChI=1S/C12H13ClFN3OS/c1-2-18-10-11(15)17-19-12(10)16-6-7-3-4-9(14)8(13)5-7/h3-5,16H,2,6H2,1H3,(H2,15,17). The number of nitrogens with zero attached hydrogens (tertiary/aromatic N) is 1. The molecule has 0 saturated carbocycles. The highest BCUT2D eigenvalue weighted by Crippen LogP contribution is 2.35. The summed E-state index contributed by atoms with van der Waals surface area (Å²) in [5.41, 5.74) is 6.57. The van der Waals surface area contributed by atoms with Crippen molar-refractivity contribution in [2.75, 3.05) is 17.7 Å². The lowest BCUT2D eigenvalue weighted by atomic mass is 10.2. The fourth-order valence-corrected chi connectivity index (χ4v) is 2.38. The fourth-order valence-electron chi connectivity index (χ4n) is 1.52. The zero-order chi connectivity index (χ0) is 13.8. The van der Waals surface area contributed by atoms with Crippen LogP contribution in [0.3, 0.4) is 0 Å². The second kappa shape index (κ2) is 6.08. The van der Waals surface area contributed by atoms with Gasteiger partial charge in [0.15, 0.2) is 16.6 Å². The van der Waals surface area contributed by atoms with E-state index >= 15 is 0 Å². The molecule has 0 amide bonds. The van der Waals surface area contributed by atoms with Crippen LogP contribution in [0.2, 0.25) is 5.02 Å². The normalized spacial score (nSPS) is 10.5. The summed E-state index contributed by atoms with van der Waals surface area (Å²) in [6, 6.07) is 4.58. The fraction of sp³-hybridized carbons (Fsp3) is 0.250. The summed E-state index contributed by atoms with van der Waals surface area (Å²) in [4.78, 5) is 0. The first kappa shape index (κ1) is 13.9. The predicted molar refractivity (Wildman–Crippen MR) is 76.4 cm³/mol. The Balaban J connectivity index is 2.07. The molecule has 0 unspecified atom stereocenters. The number of hydrogen-bond acceptors (Lipinski definition) is 5. The Kier molecular flexibility index (Phi) is 4.44. The molecule has 0 aliphatic carbocycles. The SMILES string of the molecule is CCOc1c(N)nsc1NCc1ccc(F)c(Cl)c1. The molecular weight excluding hydrogens is 289 g/mol. The monoisotopic (exact) mass is 301 g/mol. The number of nitrogens with two attached hydrogens (primary N) is 1. The highest BCUT2D eigenvalue weighted by Gasteiger charge is 2.12. The zero-order valence-electron chi connectivity index (χ0n) is 10.2. The van der Waals surface area contributed by atoms with Crippen LogP contribution in [0.25, 0.3) is 0 Å². The maximum atomic E-state index is 13.0. The molecule has 4 nitrogen and oxygen atoms in total. The van der Waals surface area contributed by atoms with E-state index in [0.717, 1.165) is 10.6 Å². The van der Waals surface area contributed by atoms with Crippen LogP contribution in [0.15, 0.2) is 18.2 Å². The molecule has 0 fully saturated rings. The largest absolute Gasteiger partial charge is 0.487 e. The lowest BCUT2D eigenvalue weighted by Crippen LogP contribution is -2.02. The van der Waals surface area contributed by atoms with Crippen molar-refractivity contribution in [1.29, 1.82) is 0 Å². The number of benzene rings is 1. The molecule has 0 radical (unpaired) electrons. The number of nitrogen functional groups attached to an aromatic ring is 1. The van der Waals surface area contributed by atoms with E-state index in [2.05, 4.69) is 9.69 Å². The first-order chi connectivity index (χ1) is 9.11. The van der Waals surface area contributed by atoms with Crippen LogP contribution in [0.5, 0.6) is 5.75 Å². The van der Waals surface area contributed by atoms with Gasteiger partial charge >= 0.3 is 0 Å². The number of nitrogens with one attached hydrogen (secondary N) is 1. The summed E-state index contributed by atoms with van der Waals surface area (Å²) in [7, 11) is 0. The van der Waals surface area contributed by atoms with Crippen molar-refractivity contribution in [3.8, 4) is 5.75 Å². The summed E-state index contributed by atoms with van der Waals surface area (Å²) in [6.45, 7) is 2.88. The van der Waals surface area contributed by atoms with Gasteiger partial charge in [0, 0.05) is 6.54 Å². The summed E-state index contributed by atoms with van der Waals surface area (Å²) < 4.78 is 22.5. The van der Waals surface area contributed by atoms with E-state index in [0.29, 0.717) is 24.7 Å². The second-order valence-corrected chi connectivity index (χ2v) is 4.94. The first-order valence-electron chi connectivity index (χ1n) is 5.67. The van der Waals surface area contributed by atoms with E-state index < -0.39 is 5.82 Å². The number of hydrogen-bond donors (Lipinski definition) is 2. The second-order valence-electron chi connectivity index (χ2n) is 3.76. The molecule has 19 heavy (non-hydrogen) atoms. The molecule has 1 aromatic carbocycles. The van der Waals surface area contributed by atoms with Crippen LogP contribution >= 0.6 is 23.1 Å². The molecule has 1 heterocycles. The molecule has 0 aliphatic rings. The van der Waals surface area contributed by atoms with Crippen molar-refractivity contribution >= 4 is 34.0 Å². The third kappa shape index (κ3) is 3.27. The average molecular weight is 302 g/mol. The third-order valence-corrected chi connectivity index (χ3v) is 3.49. The number of ether oxygens (including phenoxy) is 1. The van der Waals surface area contributed by atoms with Crippen molar-refractivity contribution in [2.45, 2.75) is 13.5 Å². The minimum atomic E-state index is -0.428. The molecule has 0 bridgehead atoms. The maximum absolute atomic E-state index is 13.0. The third-order valence-electron chi connectivity index (χ3n) is 2.40. The predicted octanol–water partition coefficient (Wildman–Crippen LogP) is 3.53. The molecule has 0 saturated heterocycles. The molecular formula is C12H13ClFN3OS. The molecule has 2 rings (SSSR count). The van der Waals surface area contributed by atoms with Gasteiger partial charge < -0.3 is 15.8 Å². The Morgan fingerprint density at radius 3 is 3.00 bits per heavy atom. The summed E-state index contributed by atoms with van der Waals surface area (Å²) in [5.74, 6) is 0.495. The topological polar surface area (TPSA) is 60.2 Å². The smallest absolute Gasteiger partial charge is 0.197 e. The Hall–Kier alpha value is -1.53. The van der Waals surface area contributed by atoms with Gasteiger partial charge in [-0.2, -0.15) is 4.37 Å². The van der Waals surface area contributed by atoms with E-state index in [1.807, 2.05) is 6.92 Å². The van der Waals surface area contributed by atoms with E-state index in [1.54, 1.807) is 12.1 Å². The Morgan fingerprint density at radius 2 is 2.32 bits per heavy atom. The molecule has 7 heteroatoms. The van der Waals surface area contributed by atoms with Crippen molar-refractivity contribution < 1.29 is 9.13 Å². The van der Waals surface area contributed by atoms with Gasteiger partial charge in [-0.05, 0) is 36.2 Å². The Bertz CT molecular complexity index is 576. The molecule has 3 N–H and O–H groups in total. The van der Waals surface area contributed by atoms with Gasteiger partial charge in [-0.1, -0.05) is 17.7 Å². The molecule has 2 aromatic rings. The Labute approximate surface area is 119 Å². The maximum Gasteiger partial charge on any atom is 0.197 e. The Morgan fingerprint density at radius 1 is 1.53 bits per heavy atom. The van der Waals surface area contributed by atoms with Gasteiger partial charge in [0.05, 0.1) is 11.6 Å². The summed E-state index contributed by atoms with van der Waals surface area (Å²) >= 11 is 6.95. The van der Waals surface area contributed by atoms with Crippen LogP contribution in [-0.4, -0.2) is 11.0 Å². The van der Waals surface area contributed by atoms with E-state index in [4.69, 9.17) is 22.1 Å². The van der Waals surface area contributed by atoms with Crippen LogP contribution in [0, 0.1) is 5.82 Å². The molecule has 1 aromatic heterocycles. The van der Waals surface area contributed by atoms with E-state index in [-0.39, 0.29) is 5.02 Å². The van der Waals surface area contributed by atoms with Crippen LogP contribution < -0.4 is 15.8 Å². The van der Waals surface area contributed by atoms with Gasteiger partial charge in [-0.25, -0.2) is 4.39 Å². The van der Waals surface area contributed by atoms with Crippen molar-refractivity contribution in [3.05, 3.63) is 34.6 Å². The van der Waals surface area contributed by atoms with Crippen LogP contribution in [0.1, 0.15) is 12.5 Å². The van der Waals surface area contributed by atoms with Gasteiger partial charge in [0.1, 0.15) is 5.82 Å². The van der Waals surface area contributed by atoms with Crippen molar-refractivity contribution in [1.82, 2.24) is 4.37 Å². The zero-order valence-corrected chi connectivity index (χ0v) is 11.8. The lowest BCUT2D eigenvalue weighted by molar-refractivity contribution is 0.344. The molecule has 0 atom stereocenters. The van der Waals surface area contributed by atoms with Crippen LogP contribution in [0.4, 0.5) is 15.2 Å². The van der Waals surface area contributed by atoms with E-state index in [9.17, 15) is 4.39 Å². The summed E-state index contributed by atoms with van der Waals surface area (Å²) in [6.07, 6.45) is 0. The van der Waals surface area contributed by atoms with Crippen molar-refractivity contribution in [3.63, 3.8) is 0 Å². The molecule has 0 aliphatic heterocycles. The number of aromatic nitrogens is 1. The number of anilines is 2. The molecule has 0 spiro atoms. The first-order valence-corrected chi connectivity index (χ1v) is 6.82. The van der Waals surface area contributed by atoms with Gasteiger partial charge in [-0.15, -0.1) is 0 Å². The van der Waals surface area contributed by atoms with Gasteiger partial charge in [-0.3, -0.25) is 0 Å². The number of rotatable bonds is 5. The molecule has 102 valence electrons. The van der Waals surface area contributed by atoms with Gasteiger partial charge in [0.2, 0.25) is 0 Å².